The van der Waals surface area contributed by atoms with Crippen LogP contribution in [-0.2, 0) is 14.3 Å². The van der Waals surface area contributed by atoms with Crippen molar-refractivity contribution in [3.05, 3.63) is 23.9 Å². The zero-order valence-corrected chi connectivity index (χ0v) is 15.8. The van der Waals surface area contributed by atoms with Gasteiger partial charge in [-0.1, -0.05) is 0 Å². The summed E-state index contributed by atoms with van der Waals surface area (Å²) in [5, 5.41) is 4.57. The number of nitrogens with zero attached hydrogens (tertiary/aromatic N) is 1. The molecule has 1 aromatic heterocycles. The predicted octanol–water partition coefficient (Wildman–Crippen LogP) is 3.01. The van der Waals surface area contributed by atoms with Gasteiger partial charge in [-0.25, -0.2) is 18.6 Å². The van der Waals surface area contributed by atoms with Crippen LogP contribution < -0.4 is 10.6 Å². The molecule has 26 heavy (non-hydrogen) atoms. The molecule has 146 valence electrons. The molecule has 0 aliphatic rings. The Morgan fingerprint density at radius 1 is 1.15 bits per heavy atom. The molecule has 2 amide bonds. The van der Waals surface area contributed by atoms with Gasteiger partial charge >= 0.3 is 6.09 Å². The average Bonchev–Trinajstić information content (AvgIpc) is 2.43. The minimum Gasteiger partial charge on any atom is -0.444 e. The SMILES string of the molecule is CC(C)(C)OCC(NC(=O)OC(C)(C)C)C(=O)Nc1ncc(F)cc1F. The molecule has 0 radical (unpaired) electrons. The number of nitrogens with one attached hydrogen (secondary N) is 2. The van der Waals surface area contributed by atoms with Crippen LogP contribution in [0.3, 0.4) is 0 Å². The highest BCUT2D eigenvalue weighted by Crippen LogP contribution is 2.13. The van der Waals surface area contributed by atoms with Crippen LogP contribution in [0.1, 0.15) is 41.5 Å². The number of pyridine rings is 1. The first-order valence-corrected chi connectivity index (χ1v) is 8.02. The Kier molecular flexibility index (Phi) is 7.02. The molecule has 1 heterocycles. The number of rotatable bonds is 5. The van der Waals surface area contributed by atoms with Crippen LogP contribution in [0.5, 0.6) is 0 Å². The number of amides is 2. The fourth-order valence-electron chi connectivity index (χ4n) is 1.68. The topological polar surface area (TPSA) is 89.5 Å². The Hall–Kier alpha value is -2.29. The Morgan fingerprint density at radius 2 is 1.77 bits per heavy atom. The van der Waals surface area contributed by atoms with Gasteiger partial charge in [0.05, 0.1) is 18.4 Å². The van der Waals surface area contributed by atoms with E-state index >= 15 is 0 Å². The molecule has 7 nitrogen and oxygen atoms in total. The normalized spacial score (nSPS) is 13.1. The van der Waals surface area contributed by atoms with E-state index < -0.39 is 46.7 Å². The van der Waals surface area contributed by atoms with Crippen LogP contribution in [0.4, 0.5) is 19.4 Å². The largest absolute Gasteiger partial charge is 0.444 e. The van der Waals surface area contributed by atoms with Crippen molar-refractivity contribution in [2.45, 2.75) is 58.8 Å². The van der Waals surface area contributed by atoms with Gasteiger partial charge in [0.15, 0.2) is 11.6 Å². The highest BCUT2D eigenvalue weighted by Gasteiger charge is 2.27. The Balaban J connectivity index is 2.87. The van der Waals surface area contributed by atoms with Gasteiger partial charge in [0.25, 0.3) is 5.91 Å². The smallest absolute Gasteiger partial charge is 0.408 e. The van der Waals surface area contributed by atoms with E-state index in [9.17, 15) is 18.4 Å². The van der Waals surface area contributed by atoms with Gasteiger partial charge in [-0.05, 0) is 41.5 Å². The minimum absolute atomic E-state index is 0.183. The maximum absolute atomic E-state index is 13.7. The fourth-order valence-corrected chi connectivity index (χ4v) is 1.68. The number of anilines is 1. The summed E-state index contributed by atoms with van der Waals surface area (Å²) in [5.41, 5.74) is -1.34. The molecule has 0 saturated carbocycles. The Morgan fingerprint density at radius 3 is 2.27 bits per heavy atom. The van der Waals surface area contributed by atoms with E-state index in [4.69, 9.17) is 9.47 Å². The van der Waals surface area contributed by atoms with Crippen molar-refractivity contribution >= 4 is 17.8 Å². The van der Waals surface area contributed by atoms with Gasteiger partial charge < -0.3 is 20.1 Å². The van der Waals surface area contributed by atoms with Crippen molar-refractivity contribution in [1.29, 1.82) is 0 Å². The standard InChI is InChI=1S/C17H25F2N3O4/c1-16(2,3)25-9-12(21-15(24)26-17(4,5)6)14(23)22-13-11(19)7-10(18)8-20-13/h7-8,12H,9H2,1-6H3,(H,21,24)(H,20,22,23). The summed E-state index contributed by atoms with van der Waals surface area (Å²) in [6.45, 7) is 10.2. The molecule has 0 saturated heterocycles. The van der Waals surface area contributed by atoms with E-state index in [1.165, 1.54) is 0 Å². The van der Waals surface area contributed by atoms with Crippen LogP contribution in [0, 0.1) is 11.6 Å². The summed E-state index contributed by atoms with van der Waals surface area (Å²) in [4.78, 5) is 27.8. The van der Waals surface area contributed by atoms with E-state index in [-0.39, 0.29) is 6.61 Å². The lowest BCUT2D eigenvalue weighted by Crippen LogP contribution is -2.49. The van der Waals surface area contributed by atoms with Crippen molar-refractivity contribution in [2.75, 3.05) is 11.9 Å². The van der Waals surface area contributed by atoms with Crippen molar-refractivity contribution in [3.63, 3.8) is 0 Å². The molecule has 0 aliphatic heterocycles. The first-order valence-electron chi connectivity index (χ1n) is 8.02. The van der Waals surface area contributed by atoms with Gasteiger partial charge in [0, 0.05) is 6.07 Å². The number of carbonyl (C=O) groups excluding carboxylic acids is 2. The molecule has 1 unspecified atom stereocenters. The summed E-state index contributed by atoms with van der Waals surface area (Å²) in [6.07, 6.45) is -0.0663. The summed E-state index contributed by atoms with van der Waals surface area (Å²) < 4.78 is 37.2. The quantitative estimate of drug-likeness (QED) is 0.828. The number of ether oxygens (including phenoxy) is 2. The minimum atomic E-state index is -1.17. The van der Waals surface area contributed by atoms with E-state index in [1.807, 2.05) is 0 Å². The molecule has 2 N–H and O–H groups in total. The fraction of sp³-hybridized carbons (Fsp3) is 0.588. The van der Waals surface area contributed by atoms with E-state index in [0.717, 1.165) is 6.20 Å². The highest BCUT2D eigenvalue weighted by atomic mass is 19.1. The number of hydrogen-bond acceptors (Lipinski definition) is 5. The molecular formula is C17H25F2N3O4. The molecule has 1 aromatic rings. The molecule has 0 aliphatic carbocycles. The molecule has 0 spiro atoms. The van der Waals surface area contributed by atoms with Gasteiger partial charge in [-0.3, -0.25) is 4.79 Å². The van der Waals surface area contributed by atoms with Gasteiger partial charge in [-0.2, -0.15) is 0 Å². The molecule has 1 atom stereocenters. The lowest BCUT2D eigenvalue weighted by atomic mass is 10.2. The zero-order chi connectivity index (χ0) is 20.1. The van der Waals surface area contributed by atoms with Gasteiger partial charge in [0.1, 0.15) is 17.5 Å². The maximum Gasteiger partial charge on any atom is 0.408 e. The van der Waals surface area contributed by atoms with Crippen molar-refractivity contribution in [2.24, 2.45) is 0 Å². The second-order valence-electron chi connectivity index (χ2n) is 7.60. The third kappa shape index (κ3) is 8.19. The number of alkyl carbamates (subject to hydrolysis) is 1. The summed E-state index contributed by atoms with van der Waals surface area (Å²) in [7, 11) is 0. The lowest BCUT2D eigenvalue weighted by Gasteiger charge is -2.26. The number of halogens is 2. The second-order valence-corrected chi connectivity index (χ2v) is 7.60. The predicted molar refractivity (Wildman–Crippen MR) is 91.6 cm³/mol. The molecule has 0 aromatic carbocycles. The Labute approximate surface area is 151 Å². The van der Waals surface area contributed by atoms with Gasteiger partial charge in [0.2, 0.25) is 0 Å². The van der Waals surface area contributed by atoms with Gasteiger partial charge in [-0.15, -0.1) is 0 Å². The highest BCUT2D eigenvalue weighted by molar-refractivity contribution is 5.96. The lowest BCUT2D eigenvalue weighted by molar-refractivity contribution is -0.121. The molecule has 0 bridgehead atoms. The molecule has 0 fully saturated rings. The van der Waals surface area contributed by atoms with Crippen LogP contribution in [-0.4, -0.2) is 40.8 Å². The first kappa shape index (κ1) is 21.8. The third-order valence-corrected chi connectivity index (χ3v) is 2.74. The van der Waals surface area contributed by atoms with Crippen LogP contribution in [0.25, 0.3) is 0 Å². The maximum atomic E-state index is 13.7. The average molecular weight is 373 g/mol. The van der Waals surface area contributed by atoms with E-state index in [1.54, 1.807) is 41.5 Å². The third-order valence-electron chi connectivity index (χ3n) is 2.74. The first-order chi connectivity index (χ1) is 11.8. The van der Waals surface area contributed by atoms with Crippen LogP contribution in [0.15, 0.2) is 12.3 Å². The molecule has 1 rings (SSSR count). The number of carbonyl (C=O) groups is 2. The monoisotopic (exact) mass is 373 g/mol. The second kappa shape index (κ2) is 8.39. The summed E-state index contributed by atoms with van der Waals surface area (Å²) in [6, 6.07) is -0.583. The summed E-state index contributed by atoms with van der Waals surface area (Å²) in [5.74, 6) is -3.15. The van der Waals surface area contributed by atoms with E-state index in [2.05, 4.69) is 15.6 Å². The number of aromatic nitrogens is 1. The van der Waals surface area contributed by atoms with Crippen LogP contribution >= 0.6 is 0 Å². The molecule has 9 heteroatoms. The number of hydrogen-bond donors (Lipinski definition) is 2. The Bertz CT molecular complexity index is 654. The van der Waals surface area contributed by atoms with Crippen LogP contribution in [0.2, 0.25) is 0 Å². The zero-order valence-electron chi connectivity index (χ0n) is 15.8. The van der Waals surface area contributed by atoms with Crippen molar-refractivity contribution < 1.29 is 27.8 Å². The summed E-state index contributed by atoms with van der Waals surface area (Å²) >= 11 is 0. The van der Waals surface area contributed by atoms with E-state index in [0.29, 0.717) is 6.07 Å². The van der Waals surface area contributed by atoms with Crippen molar-refractivity contribution in [1.82, 2.24) is 10.3 Å². The molecular weight excluding hydrogens is 348 g/mol. The van der Waals surface area contributed by atoms with Crippen molar-refractivity contribution in [3.8, 4) is 0 Å².